The Morgan fingerprint density at radius 2 is 2.06 bits per heavy atom. The van der Waals surface area contributed by atoms with Gasteiger partial charge in [0.05, 0.1) is 10.2 Å². The van der Waals surface area contributed by atoms with Crippen LogP contribution in [0.5, 0.6) is 0 Å². The number of rotatable bonds is 3. The molecule has 94 valence electrons. The van der Waals surface area contributed by atoms with E-state index < -0.39 is 0 Å². The first-order valence-corrected chi connectivity index (χ1v) is 6.47. The van der Waals surface area contributed by atoms with E-state index >= 15 is 0 Å². The van der Waals surface area contributed by atoms with Crippen LogP contribution in [0.2, 0.25) is 0 Å². The summed E-state index contributed by atoms with van der Waals surface area (Å²) in [4.78, 5) is 26.6. The third-order valence-electron chi connectivity index (χ3n) is 2.81. The van der Waals surface area contributed by atoms with E-state index in [1.54, 1.807) is 6.92 Å². The SMILES string of the molecule is CC(=O)Nc1nc2ccc(C(C)C(C)=O)cc2s1. The van der Waals surface area contributed by atoms with Gasteiger partial charge in [-0.05, 0) is 24.6 Å². The molecule has 1 amide bonds. The van der Waals surface area contributed by atoms with Crippen molar-refractivity contribution in [3.05, 3.63) is 23.8 Å². The van der Waals surface area contributed by atoms with Gasteiger partial charge in [0.15, 0.2) is 5.13 Å². The zero-order chi connectivity index (χ0) is 13.3. The van der Waals surface area contributed by atoms with E-state index in [4.69, 9.17) is 0 Å². The fourth-order valence-corrected chi connectivity index (χ4v) is 2.61. The number of anilines is 1. The first kappa shape index (κ1) is 12.7. The van der Waals surface area contributed by atoms with Crippen molar-refractivity contribution in [3.63, 3.8) is 0 Å². The summed E-state index contributed by atoms with van der Waals surface area (Å²) in [6, 6.07) is 5.75. The zero-order valence-corrected chi connectivity index (χ0v) is 11.3. The molecule has 1 aromatic heterocycles. The number of aromatic nitrogens is 1. The molecule has 0 spiro atoms. The number of nitrogens with zero attached hydrogens (tertiary/aromatic N) is 1. The first-order valence-electron chi connectivity index (χ1n) is 5.66. The molecule has 0 saturated heterocycles. The molecule has 0 fully saturated rings. The van der Waals surface area contributed by atoms with Crippen LogP contribution in [0.15, 0.2) is 18.2 Å². The molecular formula is C13H14N2O2S. The highest BCUT2D eigenvalue weighted by Crippen LogP contribution is 2.29. The van der Waals surface area contributed by atoms with E-state index in [-0.39, 0.29) is 17.6 Å². The number of carbonyl (C=O) groups is 2. The van der Waals surface area contributed by atoms with Crippen molar-refractivity contribution in [2.45, 2.75) is 26.7 Å². The smallest absolute Gasteiger partial charge is 0.223 e. The van der Waals surface area contributed by atoms with Crippen molar-refractivity contribution in [1.29, 1.82) is 0 Å². The number of thiazole rings is 1. The molecule has 1 unspecified atom stereocenters. The van der Waals surface area contributed by atoms with Crippen molar-refractivity contribution < 1.29 is 9.59 Å². The molecule has 1 aromatic carbocycles. The molecule has 2 aromatic rings. The number of amides is 1. The highest BCUT2D eigenvalue weighted by Gasteiger charge is 2.12. The van der Waals surface area contributed by atoms with Crippen molar-refractivity contribution in [2.24, 2.45) is 0 Å². The van der Waals surface area contributed by atoms with Crippen LogP contribution in [0.3, 0.4) is 0 Å². The number of hydrogen-bond acceptors (Lipinski definition) is 4. The Balaban J connectivity index is 2.39. The number of carbonyl (C=O) groups excluding carboxylic acids is 2. The van der Waals surface area contributed by atoms with Crippen LogP contribution in [0.1, 0.15) is 32.3 Å². The molecule has 0 radical (unpaired) electrons. The number of hydrogen-bond donors (Lipinski definition) is 1. The minimum absolute atomic E-state index is 0.110. The maximum atomic E-state index is 11.4. The average molecular weight is 262 g/mol. The van der Waals surface area contributed by atoms with Gasteiger partial charge in [0.1, 0.15) is 5.78 Å². The number of ketones is 1. The van der Waals surface area contributed by atoms with E-state index in [0.29, 0.717) is 5.13 Å². The van der Waals surface area contributed by atoms with Crippen LogP contribution in [-0.4, -0.2) is 16.7 Å². The second kappa shape index (κ2) is 4.86. The number of Topliss-reactive ketones (excluding diaryl/α,β-unsaturated/α-hetero) is 1. The molecule has 1 heterocycles. The predicted molar refractivity (Wildman–Crippen MR) is 73.0 cm³/mol. The summed E-state index contributed by atoms with van der Waals surface area (Å²) in [5, 5.41) is 3.26. The van der Waals surface area contributed by atoms with E-state index in [9.17, 15) is 9.59 Å². The lowest BCUT2D eigenvalue weighted by molar-refractivity contribution is -0.118. The molecule has 5 heteroatoms. The fraction of sp³-hybridized carbons (Fsp3) is 0.308. The summed E-state index contributed by atoms with van der Waals surface area (Å²) in [5.74, 6) is -0.104. The second-order valence-electron chi connectivity index (χ2n) is 4.26. The van der Waals surface area contributed by atoms with Crippen LogP contribution < -0.4 is 5.32 Å². The molecule has 1 N–H and O–H groups in total. The maximum absolute atomic E-state index is 11.4. The molecule has 1 atom stereocenters. The topological polar surface area (TPSA) is 59.1 Å². The van der Waals surface area contributed by atoms with E-state index in [1.165, 1.54) is 18.3 Å². The van der Waals surface area contributed by atoms with E-state index in [0.717, 1.165) is 15.8 Å². The molecule has 0 saturated carbocycles. The predicted octanol–water partition coefficient (Wildman–Crippen LogP) is 2.95. The third kappa shape index (κ3) is 2.56. The largest absolute Gasteiger partial charge is 0.302 e. The third-order valence-corrected chi connectivity index (χ3v) is 3.74. The molecule has 0 aliphatic carbocycles. The minimum Gasteiger partial charge on any atom is -0.302 e. The van der Waals surface area contributed by atoms with E-state index in [2.05, 4.69) is 10.3 Å². The van der Waals surface area contributed by atoms with Gasteiger partial charge >= 0.3 is 0 Å². The molecule has 2 rings (SSSR count). The second-order valence-corrected chi connectivity index (χ2v) is 5.29. The lowest BCUT2D eigenvalue weighted by Gasteiger charge is -2.06. The summed E-state index contributed by atoms with van der Waals surface area (Å²) < 4.78 is 0.976. The Kier molecular flexibility index (Phi) is 3.43. The molecule has 4 nitrogen and oxygen atoms in total. The van der Waals surface area contributed by atoms with Crippen molar-refractivity contribution in [1.82, 2.24) is 4.98 Å². The molecule has 18 heavy (non-hydrogen) atoms. The summed E-state index contributed by atoms with van der Waals surface area (Å²) >= 11 is 1.41. The number of nitrogens with one attached hydrogen (secondary N) is 1. The number of fused-ring (bicyclic) bond motifs is 1. The minimum atomic E-state index is -0.133. The van der Waals surface area contributed by atoms with Gasteiger partial charge in [0, 0.05) is 12.8 Å². The van der Waals surface area contributed by atoms with Crippen LogP contribution in [0, 0.1) is 0 Å². The van der Waals surface area contributed by atoms with Gasteiger partial charge in [-0.25, -0.2) is 4.98 Å². The quantitative estimate of drug-likeness (QED) is 0.925. The molecule has 0 aliphatic heterocycles. The highest BCUT2D eigenvalue weighted by atomic mass is 32.1. The van der Waals surface area contributed by atoms with Crippen LogP contribution in [-0.2, 0) is 9.59 Å². The highest BCUT2D eigenvalue weighted by molar-refractivity contribution is 7.22. The van der Waals surface area contributed by atoms with Gasteiger partial charge in [-0.1, -0.05) is 24.3 Å². The standard InChI is InChI=1S/C13H14N2O2S/c1-7(8(2)16)10-4-5-11-12(6-10)18-13(15-11)14-9(3)17/h4-7H,1-3H3,(H,14,15,17). The average Bonchev–Trinajstić information content (AvgIpc) is 2.67. The van der Waals surface area contributed by atoms with Gasteiger partial charge in [-0.2, -0.15) is 0 Å². The summed E-state index contributed by atoms with van der Waals surface area (Å²) in [5.41, 5.74) is 1.82. The monoisotopic (exact) mass is 262 g/mol. The van der Waals surface area contributed by atoms with E-state index in [1.807, 2.05) is 25.1 Å². The Morgan fingerprint density at radius 3 is 2.67 bits per heavy atom. The Morgan fingerprint density at radius 1 is 1.33 bits per heavy atom. The van der Waals surface area contributed by atoms with Crippen molar-refractivity contribution in [2.75, 3.05) is 5.32 Å². The van der Waals surface area contributed by atoms with Crippen molar-refractivity contribution in [3.8, 4) is 0 Å². The van der Waals surface area contributed by atoms with Gasteiger partial charge < -0.3 is 5.32 Å². The van der Waals surface area contributed by atoms with Crippen LogP contribution in [0.25, 0.3) is 10.2 Å². The molecule has 0 aliphatic rings. The molecular weight excluding hydrogens is 248 g/mol. The summed E-state index contributed by atoms with van der Waals surface area (Å²) in [6.07, 6.45) is 0. The Labute approximate surface area is 109 Å². The lowest BCUT2D eigenvalue weighted by atomic mass is 9.98. The molecule has 0 bridgehead atoms. The van der Waals surface area contributed by atoms with Gasteiger partial charge in [0.2, 0.25) is 5.91 Å². The summed E-state index contributed by atoms with van der Waals surface area (Å²) in [6.45, 7) is 4.93. The Bertz CT molecular complexity index is 618. The first-order chi connectivity index (χ1) is 8.47. The maximum Gasteiger partial charge on any atom is 0.223 e. The Hall–Kier alpha value is -1.75. The van der Waals surface area contributed by atoms with Gasteiger partial charge in [-0.3, -0.25) is 9.59 Å². The lowest BCUT2D eigenvalue weighted by Crippen LogP contribution is -2.04. The van der Waals surface area contributed by atoms with Gasteiger partial charge in [0.25, 0.3) is 0 Å². The van der Waals surface area contributed by atoms with Crippen molar-refractivity contribution >= 4 is 38.4 Å². The van der Waals surface area contributed by atoms with Crippen LogP contribution >= 0.6 is 11.3 Å². The normalized spacial score (nSPS) is 12.4. The fourth-order valence-electron chi connectivity index (χ4n) is 1.65. The van der Waals surface area contributed by atoms with Crippen LogP contribution in [0.4, 0.5) is 5.13 Å². The van der Waals surface area contributed by atoms with Gasteiger partial charge in [-0.15, -0.1) is 0 Å². The number of benzene rings is 1. The summed E-state index contributed by atoms with van der Waals surface area (Å²) in [7, 11) is 0. The zero-order valence-electron chi connectivity index (χ0n) is 10.5.